The average Bonchev–Trinajstić information content (AvgIpc) is 3.21. The van der Waals surface area contributed by atoms with Gasteiger partial charge in [0.25, 0.3) is 10.0 Å². The smallest absolute Gasteiger partial charge is 0.265 e. The lowest BCUT2D eigenvalue weighted by atomic mass is 10.2. The number of rotatable bonds is 6. The number of anilines is 1. The largest absolute Gasteiger partial charge is 0.280 e. The van der Waals surface area contributed by atoms with E-state index >= 15 is 0 Å². The Labute approximate surface area is 180 Å². The second kappa shape index (κ2) is 7.99. The fourth-order valence-corrected chi connectivity index (χ4v) is 4.71. The number of hydrogen-bond donors (Lipinski definition) is 2. The fourth-order valence-electron chi connectivity index (χ4n) is 2.99. The summed E-state index contributed by atoms with van der Waals surface area (Å²) in [4.78, 5) is -0.129. The number of nitrogens with zero attached hydrogens (tertiary/aromatic N) is 2. The van der Waals surface area contributed by atoms with E-state index in [-0.39, 0.29) is 21.2 Å². The second-order valence-electron chi connectivity index (χ2n) is 6.66. The van der Waals surface area contributed by atoms with Crippen LogP contribution < -0.4 is 9.86 Å². The molecular weight excluding hydrogens is 436 g/mol. The molecule has 31 heavy (non-hydrogen) atoms. The van der Waals surface area contributed by atoms with Crippen molar-refractivity contribution >= 4 is 25.7 Å². The van der Waals surface area contributed by atoms with E-state index in [0.717, 1.165) is 0 Å². The van der Waals surface area contributed by atoms with Gasteiger partial charge in [-0.25, -0.2) is 26.7 Å². The van der Waals surface area contributed by atoms with Crippen LogP contribution in [0.3, 0.4) is 0 Å². The highest BCUT2D eigenvalue weighted by atomic mass is 32.2. The van der Waals surface area contributed by atoms with Gasteiger partial charge in [0.15, 0.2) is 0 Å². The zero-order chi connectivity index (χ0) is 22.1. The van der Waals surface area contributed by atoms with Crippen LogP contribution in [0.25, 0.3) is 16.9 Å². The molecule has 0 unspecified atom stereocenters. The fraction of sp³-hybridized carbons (Fsp3) is 0. The Kier molecular flexibility index (Phi) is 5.36. The van der Waals surface area contributed by atoms with Crippen LogP contribution in [0.5, 0.6) is 0 Å². The van der Waals surface area contributed by atoms with E-state index < -0.39 is 20.0 Å². The summed E-state index contributed by atoms with van der Waals surface area (Å²) in [5, 5.41) is 9.60. The van der Waals surface area contributed by atoms with Gasteiger partial charge in [-0.05, 0) is 36.4 Å². The summed E-state index contributed by atoms with van der Waals surface area (Å²) in [6.45, 7) is 0. The Hall–Kier alpha value is -3.47. The maximum Gasteiger partial charge on any atom is 0.265 e. The van der Waals surface area contributed by atoms with Crippen LogP contribution in [0.15, 0.2) is 101 Å². The number of benzene rings is 3. The van der Waals surface area contributed by atoms with Crippen molar-refractivity contribution in [3.05, 3.63) is 91.1 Å². The minimum absolute atomic E-state index is 0.0157. The summed E-state index contributed by atoms with van der Waals surface area (Å²) in [7, 11) is -7.92. The van der Waals surface area contributed by atoms with Crippen LogP contribution in [0.1, 0.15) is 0 Å². The number of sulfonamides is 2. The molecule has 0 spiro atoms. The van der Waals surface area contributed by atoms with Gasteiger partial charge in [-0.2, -0.15) is 5.10 Å². The number of aromatic nitrogens is 2. The van der Waals surface area contributed by atoms with Gasteiger partial charge >= 0.3 is 0 Å². The zero-order valence-electron chi connectivity index (χ0n) is 16.1. The lowest BCUT2D eigenvalue weighted by molar-refractivity contribution is 0.597. The molecule has 158 valence electrons. The molecule has 0 bridgehead atoms. The van der Waals surface area contributed by atoms with Crippen LogP contribution in [0, 0.1) is 0 Å². The molecule has 0 aliphatic carbocycles. The molecule has 0 radical (unpaired) electrons. The van der Waals surface area contributed by atoms with Gasteiger partial charge in [0, 0.05) is 11.3 Å². The minimum Gasteiger partial charge on any atom is -0.280 e. The van der Waals surface area contributed by atoms with Crippen molar-refractivity contribution in [3.8, 4) is 16.9 Å². The van der Waals surface area contributed by atoms with Gasteiger partial charge in [0.2, 0.25) is 10.0 Å². The van der Waals surface area contributed by atoms with Gasteiger partial charge in [-0.3, -0.25) is 4.72 Å². The molecule has 3 N–H and O–H groups in total. The van der Waals surface area contributed by atoms with Crippen LogP contribution in [-0.2, 0) is 20.0 Å². The van der Waals surface area contributed by atoms with Crippen molar-refractivity contribution in [3.63, 3.8) is 0 Å². The minimum atomic E-state index is -4.04. The Bertz CT molecular complexity index is 1420. The summed E-state index contributed by atoms with van der Waals surface area (Å²) < 4.78 is 53.2. The molecule has 0 atom stereocenters. The van der Waals surface area contributed by atoms with Crippen LogP contribution >= 0.6 is 0 Å². The molecule has 0 fully saturated rings. The van der Waals surface area contributed by atoms with Crippen molar-refractivity contribution in [2.75, 3.05) is 4.72 Å². The summed E-state index contributed by atoms with van der Waals surface area (Å²) in [5.74, 6) is 0. The molecule has 0 amide bonds. The molecule has 0 saturated heterocycles. The predicted octanol–water partition coefficient (Wildman–Crippen LogP) is 2.99. The highest BCUT2D eigenvalue weighted by molar-refractivity contribution is 7.92. The van der Waals surface area contributed by atoms with Crippen molar-refractivity contribution in [2.45, 2.75) is 9.79 Å². The first-order valence-corrected chi connectivity index (χ1v) is 12.1. The predicted molar refractivity (Wildman–Crippen MR) is 118 cm³/mol. The van der Waals surface area contributed by atoms with Crippen LogP contribution in [-0.4, -0.2) is 26.6 Å². The number of nitrogens with one attached hydrogen (secondary N) is 1. The number of para-hydroxylation sites is 1. The van der Waals surface area contributed by atoms with Crippen molar-refractivity contribution in [2.24, 2.45) is 5.14 Å². The van der Waals surface area contributed by atoms with Crippen LogP contribution in [0.4, 0.5) is 5.69 Å². The monoisotopic (exact) mass is 454 g/mol. The van der Waals surface area contributed by atoms with Gasteiger partial charge < -0.3 is 0 Å². The summed E-state index contributed by atoms with van der Waals surface area (Å²) in [6, 6.07) is 23.3. The standard InChI is InChI=1S/C21H18N4O4S2/c22-30(26,27)19-13-11-17(12-14-19)24-31(28,29)20-15-25(18-9-5-2-6-10-18)23-21(20)16-7-3-1-4-8-16/h1-15,24H,(H2,22,26,27). The van der Waals surface area contributed by atoms with Crippen molar-refractivity contribution in [1.29, 1.82) is 0 Å². The quantitative estimate of drug-likeness (QED) is 0.463. The van der Waals surface area contributed by atoms with Crippen LogP contribution in [0.2, 0.25) is 0 Å². The SMILES string of the molecule is NS(=O)(=O)c1ccc(NS(=O)(=O)c2cn(-c3ccccc3)nc2-c2ccccc2)cc1. The van der Waals surface area contributed by atoms with Gasteiger partial charge in [-0.15, -0.1) is 0 Å². The Balaban J connectivity index is 1.77. The molecule has 1 aromatic heterocycles. The molecule has 4 rings (SSSR count). The van der Waals surface area contributed by atoms with E-state index in [9.17, 15) is 16.8 Å². The first kappa shape index (κ1) is 20.8. The third-order valence-corrected chi connectivity index (χ3v) is 6.78. The van der Waals surface area contributed by atoms with E-state index in [1.165, 1.54) is 35.1 Å². The molecule has 4 aromatic rings. The maximum atomic E-state index is 13.2. The highest BCUT2D eigenvalue weighted by Crippen LogP contribution is 2.29. The van der Waals surface area contributed by atoms with Crippen molar-refractivity contribution in [1.82, 2.24) is 9.78 Å². The lowest BCUT2D eigenvalue weighted by Crippen LogP contribution is -2.14. The molecule has 3 aromatic carbocycles. The number of primary sulfonamides is 1. The first-order chi connectivity index (χ1) is 14.7. The Morgan fingerprint density at radius 1 is 0.774 bits per heavy atom. The highest BCUT2D eigenvalue weighted by Gasteiger charge is 2.24. The number of hydrogen-bond acceptors (Lipinski definition) is 5. The second-order valence-corrected chi connectivity index (χ2v) is 9.88. The normalized spacial score (nSPS) is 11.9. The molecular formula is C21H18N4O4S2. The van der Waals surface area contributed by atoms with Gasteiger partial charge in [0.1, 0.15) is 10.6 Å². The van der Waals surface area contributed by atoms with E-state index in [1.807, 2.05) is 36.4 Å². The molecule has 8 nitrogen and oxygen atoms in total. The van der Waals surface area contributed by atoms with E-state index in [4.69, 9.17) is 5.14 Å². The average molecular weight is 455 g/mol. The zero-order valence-corrected chi connectivity index (χ0v) is 17.7. The van der Waals surface area contributed by atoms with Gasteiger partial charge in [0.05, 0.1) is 16.8 Å². The van der Waals surface area contributed by atoms with E-state index in [0.29, 0.717) is 11.3 Å². The molecule has 10 heteroatoms. The Morgan fingerprint density at radius 3 is 1.94 bits per heavy atom. The van der Waals surface area contributed by atoms with Crippen molar-refractivity contribution < 1.29 is 16.8 Å². The Morgan fingerprint density at radius 2 is 1.35 bits per heavy atom. The molecule has 0 saturated carbocycles. The van der Waals surface area contributed by atoms with E-state index in [2.05, 4.69) is 9.82 Å². The molecule has 1 heterocycles. The van der Waals surface area contributed by atoms with Gasteiger partial charge in [-0.1, -0.05) is 48.5 Å². The third-order valence-electron chi connectivity index (χ3n) is 4.47. The first-order valence-electron chi connectivity index (χ1n) is 9.10. The number of nitrogens with two attached hydrogens (primary N) is 1. The topological polar surface area (TPSA) is 124 Å². The summed E-state index contributed by atoms with van der Waals surface area (Å²) >= 11 is 0. The van der Waals surface area contributed by atoms with E-state index in [1.54, 1.807) is 24.3 Å². The molecule has 0 aliphatic rings. The summed E-state index contributed by atoms with van der Waals surface area (Å²) in [5.41, 5.74) is 1.83. The third kappa shape index (κ3) is 4.50. The summed E-state index contributed by atoms with van der Waals surface area (Å²) in [6.07, 6.45) is 1.44. The lowest BCUT2D eigenvalue weighted by Gasteiger charge is -2.08. The maximum absolute atomic E-state index is 13.2. The molecule has 0 aliphatic heterocycles.